The maximum absolute atomic E-state index is 13.1. The topological polar surface area (TPSA) is 67.4 Å². The van der Waals surface area contributed by atoms with Crippen molar-refractivity contribution in [1.29, 1.82) is 0 Å². The van der Waals surface area contributed by atoms with Crippen molar-refractivity contribution in [1.82, 2.24) is 10.6 Å². The fraction of sp³-hybridized carbons (Fsp3) is 0.529. The third-order valence-electron chi connectivity index (χ3n) is 2.62. The van der Waals surface area contributed by atoms with Gasteiger partial charge in [-0.1, -0.05) is 13.0 Å². The van der Waals surface area contributed by atoms with Crippen molar-refractivity contribution in [3.63, 3.8) is 0 Å². The molecule has 0 radical (unpaired) electrons. The van der Waals surface area contributed by atoms with Gasteiger partial charge in [-0.2, -0.15) is 0 Å². The Balaban J connectivity index is 0.000000585. The van der Waals surface area contributed by atoms with E-state index >= 15 is 0 Å². The van der Waals surface area contributed by atoms with Crippen molar-refractivity contribution < 1.29 is 18.7 Å². The quantitative estimate of drug-likeness (QED) is 0.789. The Labute approximate surface area is 137 Å². The first-order chi connectivity index (χ1) is 10.7. The summed E-state index contributed by atoms with van der Waals surface area (Å²) in [5, 5.41) is 5.69. The minimum atomic E-state index is -0.387. The van der Waals surface area contributed by atoms with Gasteiger partial charge in [-0.25, -0.2) is 4.39 Å². The van der Waals surface area contributed by atoms with Gasteiger partial charge in [0.2, 0.25) is 0 Å². The molecule has 0 spiro atoms. The molecule has 1 aromatic rings. The van der Waals surface area contributed by atoms with Crippen LogP contribution in [0.15, 0.2) is 18.2 Å². The van der Waals surface area contributed by atoms with Crippen molar-refractivity contribution in [2.24, 2.45) is 0 Å². The van der Waals surface area contributed by atoms with E-state index in [1.807, 2.05) is 27.7 Å². The van der Waals surface area contributed by atoms with Crippen molar-refractivity contribution in [3.05, 3.63) is 35.1 Å². The molecule has 0 aromatic heterocycles. The van der Waals surface area contributed by atoms with Crippen LogP contribution in [0.25, 0.3) is 0 Å². The number of carbonyl (C=O) groups excluding carboxylic acids is 2. The number of halogens is 1. The largest absolute Gasteiger partial charge is 0.462 e. The Kier molecular flexibility index (Phi) is 9.81. The second-order valence-electron chi connectivity index (χ2n) is 5.91. The molecule has 0 atom stereocenters. The van der Waals surface area contributed by atoms with Crippen LogP contribution in [0.5, 0.6) is 0 Å². The smallest absolute Gasteiger partial charge is 0.293 e. The highest BCUT2D eigenvalue weighted by molar-refractivity contribution is 5.95. The zero-order valence-corrected chi connectivity index (χ0v) is 14.5. The predicted molar refractivity (Wildman–Crippen MR) is 88.7 cm³/mol. The minimum absolute atomic E-state index is 0.216. The van der Waals surface area contributed by atoms with Gasteiger partial charge in [0, 0.05) is 18.7 Å². The molecule has 5 nitrogen and oxygen atoms in total. The molecule has 0 aliphatic rings. The van der Waals surface area contributed by atoms with Gasteiger partial charge >= 0.3 is 0 Å². The molecule has 1 rings (SSSR count). The molecule has 0 heterocycles. The first-order valence-electron chi connectivity index (χ1n) is 7.57. The SMILES string of the molecule is CC(C)(C)OC=O.CCCNC(=O)c1cc(F)ccc1CNC. The molecule has 0 fully saturated rings. The average molecular weight is 326 g/mol. The van der Waals surface area contributed by atoms with Gasteiger partial charge in [-0.3, -0.25) is 9.59 Å². The number of hydrogen-bond donors (Lipinski definition) is 2. The Morgan fingerprint density at radius 3 is 2.43 bits per heavy atom. The highest BCUT2D eigenvalue weighted by Crippen LogP contribution is 2.11. The van der Waals surface area contributed by atoms with Gasteiger partial charge in [0.1, 0.15) is 11.4 Å². The van der Waals surface area contributed by atoms with Crippen LogP contribution in [0.3, 0.4) is 0 Å². The van der Waals surface area contributed by atoms with E-state index in [0.29, 0.717) is 25.1 Å². The van der Waals surface area contributed by atoms with Crippen LogP contribution in [0, 0.1) is 5.82 Å². The number of rotatable bonds is 6. The summed E-state index contributed by atoms with van der Waals surface area (Å²) in [5.74, 6) is -0.604. The zero-order chi connectivity index (χ0) is 17.9. The van der Waals surface area contributed by atoms with Gasteiger partial charge in [-0.15, -0.1) is 0 Å². The summed E-state index contributed by atoms with van der Waals surface area (Å²) in [6.45, 7) is 9.05. The van der Waals surface area contributed by atoms with E-state index in [4.69, 9.17) is 0 Å². The summed E-state index contributed by atoms with van der Waals surface area (Å²) in [7, 11) is 1.79. The van der Waals surface area contributed by atoms with Crippen LogP contribution in [0.1, 0.15) is 50.0 Å². The predicted octanol–water partition coefficient (Wildman–Crippen LogP) is 2.64. The first-order valence-corrected chi connectivity index (χ1v) is 7.57. The molecule has 6 heteroatoms. The maximum Gasteiger partial charge on any atom is 0.293 e. The van der Waals surface area contributed by atoms with Crippen LogP contribution in [-0.4, -0.2) is 31.6 Å². The Bertz CT molecular complexity index is 499. The van der Waals surface area contributed by atoms with Crippen molar-refractivity contribution in [2.75, 3.05) is 13.6 Å². The lowest BCUT2D eigenvalue weighted by molar-refractivity contribution is -0.138. The first kappa shape index (κ1) is 21.0. The van der Waals surface area contributed by atoms with Crippen molar-refractivity contribution >= 4 is 12.4 Å². The van der Waals surface area contributed by atoms with Gasteiger partial charge in [-0.05, 0) is 51.9 Å². The fourth-order valence-corrected chi connectivity index (χ4v) is 1.58. The van der Waals surface area contributed by atoms with Crippen LogP contribution in [0.4, 0.5) is 4.39 Å². The molecule has 1 aromatic carbocycles. The molecule has 0 saturated heterocycles. The molecular formula is C17H27FN2O3. The van der Waals surface area contributed by atoms with Crippen LogP contribution >= 0.6 is 0 Å². The normalized spacial score (nSPS) is 10.3. The third kappa shape index (κ3) is 9.63. The molecule has 130 valence electrons. The van der Waals surface area contributed by atoms with E-state index in [1.54, 1.807) is 13.1 Å². The lowest BCUT2D eigenvalue weighted by Gasteiger charge is -2.14. The molecule has 0 unspecified atom stereocenters. The van der Waals surface area contributed by atoms with E-state index in [-0.39, 0.29) is 17.3 Å². The Morgan fingerprint density at radius 2 is 2.00 bits per heavy atom. The molecule has 23 heavy (non-hydrogen) atoms. The summed E-state index contributed by atoms with van der Waals surface area (Å²) in [4.78, 5) is 21.3. The summed E-state index contributed by atoms with van der Waals surface area (Å²) in [6, 6.07) is 4.27. The van der Waals surface area contributed by atoms with E-state index in [2.05, 4.69) is 15.4 Å². The average Bonchev–Trinajstić information content (AvgIpc) is 2.46. The van der Waals surface area contributed by atoms with Crippen LogP contribution in [0.2, 0.25) is 0 Å². The highest BCUT2D eigenvalue weighted by atomic mass is 19.1. The Hall–Kier alpha value is -1.95. The van der Waals surface area contributed by atoms with E-state index < -0.39 is 0 Å². The third-order valence-corrected chi connectivity index (χ3v) is 2.62. The molecule has 0 saturated carbocycles. The lowest BCUT2D eigenvalue weighted by Crippen LogP contribution is -2.26. The number of hydrogen-bond acceptors (Lipinski definition) is 4. The van der Waals surface area contributed by atoms with Crippen molar-refractivity contribution in [2.45, 2.75) is 46.3 Å². The number of amides is 1. The second-order valence-corrected chi connectivity index (χ2v) is 5.91. The minimum Gasteiger partial charge on any atom is -0.462 e. The van der Waals surface area contributed by atoms with Gasteiger partial charge < -0.3 is 15.4 Å². The maximum atomic E-state index is 13.1. The Morgan fingerprint density at radius 1 is 1.35 bits per heavy atom. The van der Waals surface area contributed by atoms with Crippen LogP contribution < -0.4 is 10.6 Å². The van der Waals surface area contributed by atoms with Gasteiger partial charge in [0.25, 0.3) is 12.4 Å². The monoisotopic (exact) mass is 326 g/mol. The molecule has 0 bridgehead atoms. The molecule has 2 N–H and O–H groups in total. The highest BCUT2D eigenvalue weighted by Gasteiger charge is 2.11. The lowest BCUT2D eigenvalue weighted by atomic mass is 10.1. The van der Waals surface area contributed by atoms with Gasteiger partial charge in [0.15, 0.2) is 0 Å². The molecule has 0 aliphatic heterocycles. The second kappa shape index (κ2) is 10.7. The van der Waals surface area contributed by atoms with E-state index in [9.17, 15) is 14.0 Å². The molecule has 1 amide bonds. The fourth-order valence-electron chi connectivity index (χ4n) is 1.58. The number of nitrogens with one attached hydrogen (secondary N) is 2. The summed E-state index contributed by atoms with van der Waals surface area (Å²) in [5.41, 5.74) is 0.891. The summed E-state index contributed by atoms with van der Waals surface area (Å²) in [6.07, 6.45) is 0.864. The zero-order valence-electron chi connectivity index (χ0n) is 14.5. The van der Waals surface area contributed by atoms with E-state index in [0.717, 1.165) is 12.0 Å². The standard InChI is InChI=1S/C12H17FN2O.C5H10O2/c1-3-6-15-12(16)11-7-10(13)5-4-9(11)8-14-2;1-5(2,3)7-4-6/h4-5,7,14H,3,6,8H2,1-2H3,(H,15,16);4H,1-3H3. The molecule has 0 aliphatic carbocycles. The number of ether oxygens (including phenoxy) is 1. The van der Waals surface area contributed by atoms with E-state index in [1.165, 1.54) is 12.1 Å². The van der Waals surface area contributed by atoms with Gasteiger partial charge in [0.05, 0.1) is 0 Å². The van der Waals surface area contributed by atoms with Crippen molar-refractivity contribution in [3.8, 4) is 0 Å². The number of benzene rings is 1. The molecular weight excluding hydrogens is 299 g/mol. The number of carbonyl (C=O) groups is 2. The summed E-state index contributed by atoms with van der Waals surface area (Å²) >= 11 is 0. The van der Waals surface area contributed by atoms with Crippen LogP contribution in [-0.2, 0) is 16.1 Å². The summed E-state index contributed by atoms with van der Waals surface area (Å²) < 4.78 is 17.6.